The van der Waals surface area contributed by atoms with Crippen LogP contribution in [0.4, 0.5) is 0 Å². The third-order valence-electron chi connectivity index (χ3n) is 3.57. The van der Waals surface area contributed by atoms with Crippen molar-refractivity contribution in [1.29, 1.82) is 0 Å². The summed E-state index contributed by atoms with van der Waals surface area (Å²) in [5, 5.41) is 0. The van der Waals surface area contributed by atoms with E-state index in [1.54, 1.807) is 0 Å². The molecular formula is C13H26N2O. The van der Waals surface area contributed by atoms with Crippen LogP contribution in [0, 0.1) is 5.92 Å². The number of carbonyl (C=O) groups is 1. The maximum Gasteiger partial charge on any atom is 0.239 e. The molecule has 0 unspecified atom stereocenters. The van der Waals surface area contributed by atoms with Crippen LogP contribution in [-0.2, 0) is 4.79 Å². The summed E-state index contributed by atoms with van der Waals surface area (Å²) in [5.74, 6) is 0.840. The number of amides is 1. The smallest absolute Gasteiger partial charge is 0.239 e. The van der Waals surface area contributed by atoms with E-state index in [2.05, 4.69) is 6.92 Å². The van der Waals surface area contributed by atoms with Gasteiger partial charge in [-0.2, -0.15) is 0 Å². The summed E-state index contributed by atoms with van der Waals surface area (Å²) in [6, 6.07) is -0.286. The summed E-state index contributed by atoms with van der Waals surface area (Å²) >= 11 is 0. The van der Waals surface area contributed by atoms with Gasteiger partial charge in [0.15, 0.2) is 0 Å². The van der Waals surface area contributed by atoms with Crippen molar-refractivity contribution in [3.8, 4) is 0 Å². The number of nitrogens with zero attached hydrogens (tertiary/aromatic N) is 1. The highest BCUT2D eigenvalue weighted by Crippen LogP contribution is 2.25. The molecule has 0 aromatic rings. The third-order valence-corrected chi connectivity index (χ3v) is 3.57. The molecule has 0 spiro atoms. The van der Waals surface area contributed by atoms with Gasteiger partial charge in [-0.1, -0.05) is 32.6 Å². The molecule has 3 heteroatoms. The Morgan fingerprint density at radius 3 is 2.62 bits per heavy atom. The average Bonchev–Trinajstić information content (AvgIpc) is 2.77. The molecule has 1 aliphatic carbocycles. The Hall–Kier alpha value is -0.570. The maximum absolute atomic E-state index is 11.9. The number of rotatable bonds is 6. The van der Waals surface area contributed by atoms with Gasteiger partial charge in [-0.05, 0) is 25.2 Å². The highest BCUT2D eigenvalue weighted by Gasteiger charge is 2.22. The van der Waals surface area contributed by atoms with Crippen molar-refractivity contribution < 1.29 is 4.79 Å². The maximum atomic E-state index is 11.9. The Labute approximate surface area is 99.4 Å². The molecule has 0 saturated heterocycles. The Morgan fingerprint density at radius 2 is 2.06 bits per heavy atom. The Morgan fingerprint density at radius 1 is 1.44 bits per heavy atom. The monoisotopic (exact) mass is 226 g/mol. The van der Waals surface area contributed by atoms with Gasteiger partial charge in [0.1, 0.15) is 0 Å². The minimum Gasteiger partial charge on any atom is -0.344 e. The number of unbranched alkanes of at least 4 members (excludes halogenated alkanes) is 1. The minimum atomic E-state index is -0.286. The van der Waals surface area contributed by atoms with Crippen molar-refractivity contribution in [2.24, 2.45) is 11.7 Å². The lowest BCUT2D eigenvalue weighted by Crippen LogP contribution is -2.43. The van der Waals surface area contributed by atoms with E-state index in [9.17, 15) is 4.79 Å². The van der Waals surface area contributed by atoms with E-state index in [1.165, 1.54) is 25.7 Å². The van der Waals surface area contributed by atoms with Crippen LogP contribution in [0.3, 0.4) is 0 Å². The van der Waals surface area contributed by atoms with E-state index in [0.717, 1.165) is 25.8 Å². The second-order valence-corrected chi connectivity index (χ2v) is 5.12. The fourth-order valence-corrected chi connectivity index (χ4v) is 2.50. The lowest BCUT2D eigenvalue weighted by atomic mass is 10.1. The molecular weight excluding hydrogens is 200 g/mol. The van der Waals surface area contributed by atoms with Crippen LogP contribution in [0.2, 0.25) is 0 Å². The van der Waals surface area contributed by atoms with Crippen LogP contribution in [-0.4, -0.2) is 30.4 Å². The Bertz CT molecular complexity index is 212. The van der Waals surface area contributed by atoms with E-state index >= 15 is 0 Å². The summed E-state index contributed by atoms with van der Waals surface area (Å²) in [6.07, 6.45) is 8.19. The quantitative estimate of drug-likeness (QED) is 0.754. The third kappa shape index (κ3) is 4.12. The van der Waals surface area contributed by atoms with Gasteiger partial charge in [0, 0.05) is 13.6 Å². The second-order valence-electron chi connectivity index (χ2n) is 5.12. The lowest BCUT2D eigenvalue weighted by Gasteiger charge is -2.24. The lowest BCUT2D eigenvalue weighted by molar-refractivity contribution is -0.132. The summed E-state index contributed by atoms with van der Waals surface area (Å²) in [4.78, 5) is 13.8. The first-order chi connectivity index (χ1) is 7.65. The summed E-state index contributed by atoms with van der Waals surface area (Å²) in [7, 11) is 1.90. The van der Waals surface area contributed by atoms with Gasteiger partial charge >= 0.3 is 0 Å². The standard InChI is InChI=1S/C13H26N2O/c1-3-4-9-12(14)13(16)15(2)10-11-7-5-6-8-11/h11-12H,3-10,14H2,1-2H3/t12-/m0/s1. The molecule has 1 atom stereocenters. The first-order valence-electron chi connectivity index (χ1n) is 6.65. The van der Waals surface area contributed by atoms with Gasteiger partial charge in [0.25, 0.3) is 0 Å². The zero-order valence-electron chi connectivity index (χ0n) is 10.7. The fourth-order valence-electron chi connectivity index (χ4n) is 2.50. The van der Waals surface area contributed by atoms with Gasteiger partial charge in [0.2, 0.25) is 5.91 Å². The van der Waals surface area contributed by atoms with E-state index < -0.39 is 0 Å². The SMILES string of the molecule is CCCC[C@H](N)C(=O)N(C)CC1CCCC1. The molecule has 0 aromatic carbocycles. The minimum absolute atomic E-state index is 0.125. The average molecular weight is 226 g/mol. The first-order valence-corrected chi connectivity index (χ1v) is 6.65. The molecule has 0 heterocycles. The van der Waals surface area contributed by atoms with Gasteiger partial charge in [-0.25, -0.2) is 0 Å². The van der Waals surface area contributed by atoms with Crippen molar-refractivity contribution in [3.63, 3.8) is 0 Å². The predicted octanol–water partition coefficient (Wildman–Crippen LogP) is 2.15. The van der Waals surface area contributed by atoms with Crippen LogP contribution < -0.4 is 5.73 Å². The van der Waals surface area contributed by atoms with Crippen LogP contribution >= 0.6 is 0 Å². The first kappa shape index (κ1) is 13.5. The number of likely N-dealkylation sites (N-methyl/N-ethyl adjacent to an activating group) is 1. The number of hydrogen-bond acceptors (Lipinski definition) is 2. The van der Waals surface area contributed by atoms with Gasteiger partial charge < -0.3 is 10.6 Å². The van der Waals surface area contributed by atoms with Crippen LogP contribution in [0.15, 0.2) is 0 Å². The number of hydrogen-bond donors (Lipinski definition) is 1. The molecule has 94 valence electrons. The largest absolute Gasteiger partial charge is 0.344 e. The zero-order valence-corrected chi connectivity index (χ0v) is 10.7. The number of nitrogens with two attached hydrogens (primary N) is 1. The molecule has 1 fully saturated rings. The van der Waals surface area contributed by atoms with Crippen molar-refractivity contribution in [2.75, 3.05) is 13.6 Å². The van der Waals surface area contributed by atoms with Crippen molar-refractivity contribution in [3.05, 3.63) is 0 Å². The van der Waals surface area contributed by atoms with Gasteiger partial charge in [0.05, 0.1) is 6.04 Å². The molecule has 1 aliphatic rings. The van der Waals surface area contributed by atoms with E-state index in [0.29, 0.717) is 5.92 Å². The summed E-state index contributed by atoms with van der Waals surface area (Å²) in [5.41, 5.74) is 5.89. The molecule has 1 rings (SSSR count). The van der Waals surface area contributed by atoms with Crippen LogP contribution in [0.1, 0.15) is 51.9 Å². The molecule has 1 amide bonds. The molecule has 16 heavy (non-hydrogen) atoms. The Kier molecular flexibility index (Phi) is 5.81. The summed E-state index contributed by atoms with van der Waals surface area (Å²) < 4.78 is 0. The Balaban J connectivity index is 2.28. The van der Waals surface area contributed by atoms with E-state index in [1.807, 2.05) is 11.9 Å². The topological polar surface area (TPSA) is 46.3 Å². The van der Waals surface area contributed by atoms with E-state index in [4.69, 9.17) is 5.73 Å². The second kappa shape index (κ2) is 6.89. The van der Waals surface area contributed by atoms with Crippen molar-refractivity contribution in [2.45, 2.75) is 57.9 Å². The van der Waals surface area contributed by atoms with Crippen LogP contribution in [0.25, 0.3) is 0 Å². The molecule has 0 aromatic heterocycles. The van der Waals surface area contributed by atoms with Crippen molar-refractivity contribution >= 4 is 5.91 Å². The van der Waals surface area contributed by atoms with Gasteiger partial charge in [-0.15, -0.1) is 0 Å². The van der Waals surface area contributed by atoms with E-state index in [-0.39, 0.29) is 11.9 Å². The predicted molar refractivity (Wildman–Crippen MR) is 67.1 cm³/mol. The molecule has 3 nitrogen and oxygen atoms in total. The molecule has 2 N–H and O–H groups in total. The van der Waals surface area contributed by atoms with Gasteiger partial charge in [-0.3, -0.25) is 4.79 Å². The molecule has 0 radical (unpaired) electrons. The fraction of sp³-hybridized carbons (Fsp3) is 0.923. The zero-order chi connectivity index (χ0) is 12.0. The highest BCUT2D eigenvalue weighted by molar-refractivity contribution is 5.81. The number of carbonyl (C=O) groups excluding carboxylic acids is 1. The van der Waals surface area contributed by atoms with Crippen molar-refractivity contribution in [1.82, 2.24) is 4.90 Å². The summed E-state index contributed by atoms with van der Waals surface area (Å²) in [6.45, 7) is 3.03. The highest BCUT2D eigenvalue weighted by atomic mass is 16.2. The van der Waals surface area contributed by atoms with Crippen LogP contribution in [0.5, 0.6) is 0 Å². The molecule has 0 bridgehead atoms. The molecule has 0 aliphatic heterocycles. The molecule has 1 saturated carbocycles. The normalized spacial score (nSPS) is 18.7.